The highest BCUT2D eigenvalue weighted by Crippen LogP contribution is 2.26. The molecule has 0 aliphatic heterocycles. The van der Waals surface area contributed by atoms with E-state index < -0.39 is 12.7 Å². The monoisotopic (exact) mass is 259 g/mol. The van der Waals surface area contributed by atoms with Crippen molar-refractivity contribution in [3.05, 3.63) is 35.9 Å². The second kappa shape index (κ2) is 6.78. The van der Waals surface area contributed by atoms with Crippen LogP contribution in [0.1, 0.15) is 31.7 Å². The molecule has 1 rings (SSSR count). The van der Waals surface area contributed by atoms with Crippen LogP contribution in [-0.4, -0.2) is 19.3 Å². The third-order valence-corrected chi connectivity index (χ3v) is 3.25. The van der Waals surface area contributed by atoms with Crippen LogP contribution in [0.25, 0.3) is 0 Å². The number of rotatable bonds is 6. The summed E-state index contributed by atoms with van der Waals surface area (Å²) >= 11 is 0. The second-order valence-corrected chi connectivity index (χ2v) is 4.65. The zero-order valence-electron chi connectivity index (χ0n) is 10.8. The molecule has 1 nitrogen and oxygen atoms in total. The van der Waals surface area contributed by atoms with Gasteiger partial charge in [0.25, 0.3) is 0 Å². The zero-order chi connectivity index (χ0) is 13.6. The lowest BCUT2D eigenvalue weighted by Crippen LogP contribution is -2.33. The Morgan fingerprint density at radius 3 is 2.28 bits per heavy atom. The van der Waals surface area contributed by atoms with E-state index in [2.05, 4.69) is 19.2 Å². The van der Waals surface area contributed by atoms with Gasteiger partial charge >= 0.3 is 6.18 Å². The first-order chi connectivity index (χ1) is 8.44. The number of nitrogens with one attached hydrogen (secondary N) is 1. The third-order valence-electron chi connectivity index (χ3n) is 3.25. The highest BCUT2D eigenvalue weighted by molar-refractivity contribution is 5.20. The molecule has 0 aliphatic carbocycles. The minimum absolute atomic E-state index is 0.124. The maximum Gasteiger partial charge on any atom is 0.401 e. The van der Waals surface area contributed by atoms with Crippen molar-refractivity contribution in [2.75, 3.05) is 13.1 Å². The molecule has 0 aromatic heterocycles. The average Bonchev–Trinajstić information content (AvgIpc) is 2.33. The summed E-state index contributed by atoms with van der Waals surface area (Å²) in [5.74, 6) is 0.478. The molecule has 2 unspecified atom stereocenters. The SMILES string of the molecule is CCC(C)C(CNCC(F)(F)F)c1ccccc1. The first-order valence-electron chi connectivity index (χ1n) is 6.26. The minimum atomic E-state index is -4.14. The van der Waals surface area contributed by atoms with Crippen molar-refractivity contribution in [2.45, 2.75) is 32.4 Å². The Morgan fingerprint density at radius 2 is 1.78 bits per heavy atom. The highest BCUT2D eigenvalue weighted by Gasteiger charge is 2.27. The van der Waals surface area contributed by atoms with Crippen LogP contribution in [-0.2, 0) is 0 Å². The normalized spacial score (nSPS) is 15.4. The molecule has 0 saturated heterocycles. The van der Waals surface area contributed by atoms with Gasteiger partial charge in [0, 0.05) is 6.54 Å². The van der Waals surface area contributed by atoms with E-state index in [1.807, 2.05) is 30.3 Å². The lowest BCUT2D eigenvalue weighted by atomic mass is 9.85. The molecule has 0 radical (unpaired) electrons. The molecule has 0 saturated carbocycles. The van der Waals surface area contributed by atoms with Crippen LogP contribution in [0.15, 0.2) is 30.3 Å². The predicted octanol–water partition coefficient (Wildman–Crippen LogP) is 3.97. The van der Waals surface area contributed by atoms with Gasteiger partial charge in [0.15, 0.2) is 0 Å². The molecule has 102 valence electrons. The maximum atomic E-state index is 12.1. The molecular formula is C14H20F3N. The van der Waals surface area contributed by atoms with Gasteiger partial charge in [-0.25, -0.2) is 0 Å². The first kappa shape index (κ1) is 15.0. The fraction of sp³-hybridized carbons (Fsp3) is 0.571. The van der Waals surface area contributed by atoms with Gasteiger partial charge in [-0.3, -0.25) is 0 Å². The van der Waals surface area contributed by atoms with E-state index in [4.69, 9.17) is 0 Å². The molecule has 1 aromatic rings. The summed E-state index contributed by atoms with van der Waals surface area (Å²) in [5, 5.41) is 2.51. The highest BCUT2D eigenvalue weighted by atomic mass is 19.4. The van der Waals surface area contributed by atoms with Gasteiger partial charge in [-0.05, 0) is 17.4 Å². The Morgan fingerprint density at radius 1 is 1.17 bits per heavy atom. The summed E-state index contributed by atoms with van der Waals surface area (Å²) in [4.78, 5) is 0. The van der Waals surface area contributed by atoms with Crippen molar-refractivity contribution >= 4 is 0 Å². The molecule has 0 heterocycles. The van der Waals surface area contributed by atoms with Crippen molar-refractivity contribution < 1.29 is 13.2 Å². The van der Waals surface area contributed by atoms with Gasteiger partial charge in [-0.15, -0.1) is 0 Å². The van der Waals surface area contributed by atoms with Gasteiger partial charge in [-0.2, -0.15) is 13.2 Å². The zero-order valence-corrected chi connectivity index (χ0v) is 10.8. The van der Waals surface area contributed by atoms with Crippen molar-refractivity contribution in [1.82, 2.24) is 5.32 Å². The van der Waals surface area contributed by atoms with Crippen LogP contribution in [0.4, 0.5) is 13.2 Å². The lowest BCUT2D eigenvalue weighted by molar-refractivity contribution is -0.124. The van der Waals surface area contributed by atoms with Crippen LogP contribution in [0.5, 0.6) is 0 Å². The predicted molar refractivity (Wildman–Crippen MR) is 67.6 cm³/mol. The fourth-order valence-corrected chi connectivity index (χ4v) is 2.00. The summed E-state index contributed by atoms with van der Waals surface area (Å²) in [6.07, 6.45) is -3.19. The molecule has 0 spiro atoms. The Balaban J connectivity index is 2.63. The maximum absolute atomic E-state index is 12.1. The van der Waals surface area contributed by atoms with Crippen molar-refractivity contribution in [2.24, 2.45) is 5.92 Å². The van der Waals surface area contributed by atoms with Crippen molar-refractivity contribution in [1.29, 1.82) is 0 Å². The standard InChI is InChI=1S/C14H20F3N/c1-3-11(2)13(9-18-10-14(15,16)17)12-7-5-4-6-8-12/h4-8,11,13,18H,3,9-10H2,1-2H3. The largest absolute Gasteiger partial charge is 0.401 e. The molecule has 0 aliphatic rings. The number of alkyl halides is 3. The van der Waals surface area contributed by atoms with Crippen molar-refractivity contribution in [3.63, 3.8) is 0 Å². The molecular weight excluding hydrogens is 239 g/mol. The smallest absolute Gasteiger partial charge is 0.308 e. The summed E-state index contributed by atoms with van der Waals surface area (Å²) in [5.41, 5.74) is 1.10. The molecule has 0 amide bonds. The summed E-state index contributed by atoms with van der Waals surface area (Å²) in [6, 6.07) is 9.72. The first-order valence-corrected chi connectivity index (χ1v) is 6.26. The number of hydrogen-bond acceptors (Lipinski definition) is 1. The molecule has 0 bridgehead atoms. The van der Waals surface area contributed by atoms with E-state index >= 15 is 0 Å². The van der Waals surface area contributed by atoms with E-state index in [0.717, 1.165) is 12.0 Å². The van der Waals surface area contributed by atoms with Crippen LogP contribution in [0, 0.1) is 5.92 Å². The third kappa shape index (κ3) is 5.08. The molecule has 1 N–H and O–H groups in total. The van der Waals surface area contributed by atoms with Gasteiger partial charge in [0.05, 0.1) is 6.54 Å². The Hall–Kier alpha value is -1.03. The Kier molecular flexibility index (Phi) is 5.66. The summed E-state index contributed by atoms with van der Waals surface area (Å²) < 4.78 is 36.4. The van der Waals surface area contributed by atoms with E-state index in [1.54, 1.807) is 0 Å². The van der Waals surface area contributed by atoms with Crippen LogP contribution in [0.3, 0.4) is 0 Å². The minimum Gasteiger partial charge on any atom is -0.308 e. The fourth-order valence-electron chi connectivity index (χ4n) is 2.00. The van der Waals surface area contributed by atoms with Crippen LogP contribution in [0.2, 0.25) is 0 Å². The van der Waals surface area contributed by atoms with E-state index in [0.29, 0.717) is 12.5 Å². The number of halogens is 3. The van der Waals surface area contributed by atoms with E-state index in [-0.39, 0.29) is 5.92 Å². The molecule has 4 heteroatoms. The summed E-state index contributed by atoms with van der Waals surface area (Å²) in [6.45, 7) is 3.57. The summed E-state index contributed by atoms with van der Waals surface area (Å²) in [7, 11) is 0. The van der Waals surface area contributed by atoms with Crippen LogP contribution >= 0.6 is 0 Å². The van der Waals surface area contributed by atoms with Crippen molar-refractivity contribution in [3.8, 4) is 0 Å². The van der Waals surface area contributed by atoms with Gasteiger partial charge in [0.1, 0.15) is 0 Å². The van der Waals surface area contributed by atoms with Gasteiger partial charge in [0.2, 0.25) is 0 Å². The van der Waals surface area contributed by atoms with Crippen LogP contribution < -0.4 is 5.32 Å². The second-order valence-electron chi connectivity index (χ2n) is 4.65. The lowest BCUT2D eigenvalue weighted by Gasteiger charge is -2.24. The molecule has 1 aromatic carbocycles. The number of hydrogen-bond donors (Lipinski definition) is 1. The average molecular weight is 259 g/mol. The molecule has 18 heavy (non-hydrogen) atoms. The van der Waals surface area contributed by atoms with Gasteiger partial charge < -0.3 is 5.32 Å². The number of benzene rings is 1. The Bertz CT molecular complexity index is 335. The molecule has 0 fully saturated rings. The topological polar surface area (TPSA) is 12.0 Å². The molecule has 2 atom stereocenters. The quantitative estimate of drug-likeness (QED) is 0.815. The van der Waals surface area contributed by atoms with E-state index in [9.17, 15) is 13.2 Å². The Labute approximate surface area is 106 Å². The van der Waals surface area contributed by atoms with Gasteiger partial charge in [-0.1, -0.05) is 50.6 Å². The van der Waals surface area contributed by atoms with E-state index in [1.165, 1.54) is 0 Å².